The molecule has 0 amide bonds. The first-order valence-corrected chi connectivity index (χ1v) is 8.46. The summed E-state index contributed by atoms with van der Waals surface area (Å²) < 4.78 is 25.8. The van der Waals surface area contributed by atoms with E-state index in [9.17, 15) is 8.42 Å². The predicted octanol–water partition coefficient (Wildman–Crippen LogP) is 2.31. The third kappa shape index (κ3) is 3.24. The summed E-state index contributed by atoms with van der Waals surface area (Å²) in [4.78, 5) is 0.124. The van der Waals surface area contributed by atoms with E-state index in [1.165, 1.54) is 26.3 Å². The molecule has 1 aliphatic rings. The van der Waals surface area contributed by atoms with E-state index in [1.807, 2.05) is 0 Å². The van der Waals surface area contributed by atoms with Crippen LogP contribution in [-0.2, 0) is 10.0 Å². The maximum absolute atomic E-state index is 11.8. The molecular weight excluding hydrogens is 274 g/mol. The first-order valence-electron chi connectivity index (χ1n) is 6.98. The average Bonchev–Trinajstić information content (AvgIpc) is 2.38. The zero-order chi connectivity index (χ0) is 14.8. The monoisotopic (exact) mass is 297 g/mol. The van der Waals surface area contributed by atoms with Crippen LogP contribution in [0.3, 0.4) is 0 Å². The fraction of sp³-hybridized carbons (Fsp3) is 0.571. The molecule has 0 atom stereocenters. The fourth-order valence-corrected chi connectivity index (χ4v) is 3.62. The number of hydrogen-bond donors (Lipinski definition) is 3. The van der Waals surface area contributed by atoms with Gasteiger partial charge in [0.2, 0.25) is 10.0 Å². The zero-order valence-corrected chi connectivity index (χ0v) is 12.9. The standard InChI is InChI=1S/C14H23N3O2S/c1-14(8-4-3-5-9-14)17-11-6-7-13(12(15)10-11)20(18,19)16-2/h6-7,10,16-17H,3-5,8-9,15H2,1-2H3. The molecule has 0 radical (unpaired) electrons. The van der Waals surface area contributed by atoms with E-state index in [-0.39, 0.29) is 16.1 Å². The molecule has 1 aromatic carbocycles. The maximum atomic E-state index is 11.8. The van der Waals surface area contributed by atoms with Crippen LogP contribution in [0.4, 0.5) is 11.4 Å². The lowest BCUT2D eigenvalue weighted by atomic mass is 9.83. The van der Waals surface area contributed by atoms with E-state index in [1.54, 1.807) is 18.2 Å². The van der Waals surface area contributed by atoms with Crippen LogP contribution in [0.1, 0.15) is 39.0 Å². The molecule has 1 aromatic rings. The van der Waals surface area contributed by atoms with Crippen LogP contribution in [-0.4, -0.2) is 21.0 Å². The normalized spacial score (nSPS) is 18.7. The second kappa shape index (κ2) is 5.61. The molecule has 0 bridgehead atoms. The summed E-state index contributed by atoms with van der Waals surface area (Å²) in [5.74, 6) is 0. The van der Waals surface area contributed by atoms with Gasteiger partial charge in [0.1, 0.15) is 4.90 Å². The Kier molecular flexibility index (Phi) is 4.25. The summed E-state index contributed by atoms with van der Waals surface area (Å²) in [6.45, 7) is 2.21. The molecule has 2 rings (SSSR count). The lowest BCUT2D eigenvalue weighted by Gasteiger charge is -2.35. The number of nitrogens with two attached hydrogens (primary N) is 1. The zero-order valence-electron chi connectivity index (χ0n) is 12.1. The second-order valence-corrected chi connectivity index (χ2v) is 7.56. The summed E-state index contributed by atoms with van der Waals surface area (Å²) in [7, 11) is -2.12. The summed E-state index contributed by atoms with van der Waals surface area (Å²) in [5, 5.41) is 3.50. The molecule has 4 N–H and O–H groups in total. The van der Waals surface area contributed by atoms with Gasteiger partial charge in [0.25, 0.3) is 0 Å². The molecule has 0 aromatic heterocycles. The Morgan fingerprint density at radius 3 is 2.40 bits per heavy atom. The lowest BCUT2D eigenvalue weighted by Crippen LogP contribution is -2.36. The van der Waals surface area contributed by atoms with E-state index in [0.717, 1.165) is 18.5 Å². The molecule has 1 saturated carbocycles. The molecule has 20 heavy (non-hydrogen) atoms. The van der Waals surface area contributed by atoms with Gasteiger partial charge >= 0.3 is 0 Å². The van der Waals surface area contributed by atoms with E-state index >= 15 is 0 Å². The number of nitrogen functional groups attached to an aromatic ring is 1. The van der Waals surface area contributed by atoms with Crippen molar-refractivity contribution in [3.8, 4) is 0 Å². The van der Waals surface area contributed by atoms with Crippen LogP contribution in [0.2, 0.25) is 0 Å². The molecule has 1 aliphatic carbocycles. The fourth-order valence-electron chi connectivity index (χ4n) is 2.79. The molecule has 0 unspecified atom stereocenters. The molecule has 0 spiro atoms. The van der Waals surface area contributed by atoms with E-state index in [2.05, 4.69) is 17.0 Å². The maximum Gasteiger partial charge on any atom is 0.242 e. The number of sulfonamides is 1. The summed E-state index contributed by atoms with van der Waals surface area (Å²) in [5.41, 5.74) is 7.09. The third-order valence-corrected chi connectivity index (χ3v) is 5.46. The molecule has 112 valence electrons. The van der Waals surface area contributed by atoms with Gasteiger partial charge in [0.05, 0.1) is 5.69 Å². The van der Waals surface area contributed by atoms with Gasteiger partial charge in [0.15, 0.2) is 0 Å². The largest absolute Gasteiger partial charge is 0.398 e. The second-order valence-electron chi connectivity index (χ2n) is 5.71. The van der Waals surface area contributed by atoms with Crippen molar-refractivity contribution in [1.82, 2.24) is 4.72 Å². The molecule has 1 fully saturated rings. The summed E-state index contributed by atoms with van der Waals surface area (Å²) in [6.07, 6.45) is 6.00. The quantitative estimate of drug-likeness (QED) is 0.745. The number of hydrogen-bond acceptors (Lipinski definition) is 4. The van der Waals surface area contributed by atoms with Crippen molar-refractivity contribution in [1.29, 1.82) is 0 Å². The number of rotatable bonds is 4. The van der Waals surface area contributed by atoms with Crippen LogP contribution in [0.25, 0.3) is 0 Å². The molecule has 0 saturated heterocycles. The van der Waals surface area contributed by atoms with Crippen molar-refractivity contribution >= 4 is 21.4 Å². The minimum absolute atomic E-state index is 0.0775. The highest BCUT2D eigenvalue weighted by Crippen LogP contribution is 2.32. The Morgan fingerprint density at radius 1 is 1.20 bits per heavy atom. The minimum Gasteiger partial charge on any atom is -0.398 e. The van der Waals surface area contributed by atoms with E-state index < -0.39 is 10.0 Å². The van der Waals surface area contributed by atoms with Crippen LogP contribution in [0.15, 0.2) is 23.1 Å². The Hall–Kier alpha value is -1.27. The first-order chi connectivity index (χ1) is 9.36. The summed E-state index contributed by atoms with van der Waals surface area (Å²) >= 11 is 0. The van der Waals surface area contributed by atoms with Crippen molar-refractivity contribution in [3.05, 3.63) is 18.2 Å². The van der Waals surface area contributed by atoms with E-state index in [4.69, 9.17) is 5.73 Å². The molecule has 6 heteroatoms. The third-order valence-electron chi connectivity index (χ3n) is 3.97. The molecular formula is C14H23N3O2S. The minimum atomic E-state index is -3.50. The summed E-state index contributed by atoms with van der Waals surface area (Å²) in [6, 6.07) is 5.03. The average molecular weight is 297 g/mol. The Labute approximate surface area is 121 Å². The van der Waals surface area contributed by atoms with Crippen molar-refractivity contribution in [2.24, 2.45) is 0 Å². The van der Waals surface area contributed by atoms with Crippen LogP contribution >= 0.6 is 0 Å². The number of anilines is 2. The van der Waals surface area contributed by atoms with Gasteiger partial charge in [-0.25, -0.2) is 13.1 Å². The lowest BCUT2D eigenvalue weighted by molar-refractivity contribution is 0.349. The van der Waals surface area contributed by atoms with Crippen molar-refractivity contribution in [2.45, 2.75) is 49.5 Å². The molecule has 0 aliphatic heterocycles. The molecule has 5 nitrogen and oxygen atoms in total. The van der Waals surface area contributed by atoms with Gasteiger partial charge in [-0.1, -0.05) is 19.3 Å². The number of nitrogens with one attached hydrogen (secondary N) is 2. The SMILES string of the molecule is CNS(=O)(=O)c1ccc(NC2(C)CCCCC2)cc1N. The highest BCUT2D eigenvalue weighted by Gasteiger charge is 2.26. The van der Waals surface area contributed by atoms with Crippen molar-refractivity contribution in [3.63, 3.8) is 0 Å². The smallest absolute Gasteiger partial charge is 0.242 e. The predicted molar refractivity (Wildman–Crippen MR) is 82.2 cm³/mol. The van der Waals surface area contributed by atoms with Gasteiger partial charge < -0.3 is 11.1 Å². The van der Waals surface area contributed by atoms with Crippen LogP contribution in [0, 0.1) is 0 Å². The first kappa shape index (κ1) is 15.1. The van der Waals surface area contributed by atoms with Gasteiger partial charge in [-0.3, -0.25) is 0 Å². The highest BCUT2D eigenvalue weighted by molar-refractivity contribution is 7.89. The van der Waals surface area contributed by atoms with Gasteiger partial charge in [0, 0.05) is 11.2 Å². The van der Waals surface area contributed by atoms with Crippen LogP contribution < -0.4 is 15.8 Å². The van der Waals surface area contributed by atoms with E-state index in [0.29, 0.717) is 0 Å². The van der Waals surface area contributed by atoms with Crippen molar-refractivity contribution in [2.75, 3.05) is 18.1 Å². The van der Waals surface area contributed by atoms with Crippen LogP contribution in [0.5, 0.6) is 0 Å². The number of benzene rings is 1. The highest BCUT2D eigenvalue weighted by atomic mass is 32.2. The Morgan fingerprint density at radius 2 is 1.85 bits per heavy atom. The molecule has 0 heterocycles. The Balaban J connectivity index is 2.21. The topological polar surface area (TPSA) is 84.2 Å². The van der Waals surface area contributed by atoms with Gasteiger partial charge in [-0.2, -0.15) is 0 Å². The van der Waals surface area contributed by atoms with Gasteiger partial charge in [-0.15, -0.1) is 0 Å². The van der Waals surface area contributed by atoms with Crippen molar-refractivity contribution < 1.29 is 8.42 Å². The Bertz CT molecular complexity index is 578. The van der Waals surface area contributed by atoms with Gasteiger partial charge in [-0.05, 0) is 45.0 Å².